The summed E-state index contributed by atoms with van der Waals surface area (Å²) in [5, 5.41) is 5.14. The monoisotopic (exact) mass is 340 g/mol. The van der Waals surface area contributed by atoms with Gasteiger partial charge in [-0.05, 0) is 28.9 Å². The molecule has 2 heterocycles. The second kappa shape index (κ2) is 6.00. The first kappa shape index (κ1) is 14.4. The molecule has 1 aromatic rings. The van der Waals surface area contributed by atoms with E-state index in [0.717, 1.165) is 0 Å². The molecule has 0 radical (unpaired) electrons. The Morgan fingerprint density at radius 2 is 2.10 bits per heavy atom. The number of anilines is 1. The molecule has 0 aromatic carbocycles. The summed E-state index contributed by atoms with van der Waals surface area (Å²) in [7, 11) is 0. The van der Waals surface area contributed by atoms with Crippen LogP contribution in [0.2, 0.25) is 0 Å². The average molecular weight is 341 g/mol. The Bertz CT molecular complexity index is 560. The topological polar surface area (TPSA) is 91.4 Å². The molecule has 0 saturated carbocycles. The van der Waals surface area contributed by atoms with Crippen LogP contribution in [0.25, 0.3) is 0 Å². The maximum absolute atomic E-state index is 12.4. The lowest BCUT2D eigenvalue weighted by Gasteiger charge is -2.26. The molecule has 8 heteroatoms. The highest BCUT2D eigenvalue weighted by Crippen LogP contribution is 2.20. The number of pyridine rings is 1. The zero-order valence-electron chi connectivity index (χ0n) is 10.8. The van der Waals surface area contributed by atoms with Crippen LogP contribution in [0.5, 0.6) is 0 Å². The molecule has 0 bridgehead atoms. The third-order valence-electron chi connectivity index (χ3n) is 2.66. The first-order valence-electron chi connectivity index (χ1n) is 6.02. The van der Waals surface area contributed by atoms with Crippen LogP contribution in [-0.4, -0.2) is 47.2 Å². The first-order chi connectivity index (χ1) is 9.51. The quantitative estimate of drug-likeness (QED) is 0.776. The van der Waals surface area contributed by atoms with Gasteiger partial charge in [-0.15, -0.1) is 0 Å². The van der Waals surface area contributed by atoms with Gasteiger partial charge >= 0.3 is 0 Å². The van der Waals surface area contributed by atoms with E-state index >= 15 is 0 Å². The van der Waals surface area contributed by atoms with Gasteiger partial charge in [0.05, 0.1) is 5.56 Å². The van der Waals surface area contributed by atoms with Crippen molar-refractivity contribution in [1.29, 1.82) is 0 Å². The Kier molecular flexibility index (Phi) is 4.33. The van der Waals surface area contributed by atoms with Crippen molar-refractivity contribution in [1.82, 2.24) is 15.2 Å². The van der Waals surface area contributed by atoms with E-state index in [9.17, 15) is 14.4 Å². The molecule has 1 fully saturated rings. The standard InChI is InChI=1S/C12H13BrN4O3/c1-2-14-11-8(3-7(13)4-15-11)12(20)17-5-9(18)16-10(19)6-17/h3-4H,2,5-6H2,1H3,(H,14,15)(H,16,18,19). The largest absolute Gasteiger partial charge is 0.370 e. The van der Waals surface area contributed by atoms with E-state index in [-0.39, 0.29) is 13.1 Å². The molecular formula is C12H13BrN4O3. The molecule has 2 N–H and O–H groups in total. The van der Waals surface area contributed by atoms with E-state index in [1.54, 1.807) is 12.3 Å². The Labute approximate surface area is 123 Å². The lowest BCUT2D eigenvalue weighted by atomic mass is 10.2. The minimum atomic E-state index is -0.484. The van der Waals surface area contributed by atoms with E-state index in [1.807, 2.05) is 6.92 Å². The van der Waals surface area contributed by atoms with E-state index in [2.05, 4.69) is 31.5 Å². The summed E-state index contributed by atoms with van der Waals surface area (Å²) in [6.07, 6.45) is 1.57. The highest BCUT2D eigenvalue weighted by Gasteiger charge is 2.28. The fourth-order valence-corrected chi connectivity index (χ4v) is 2.19. The fraction of sp³-hybridized carbons (Fsp3) is 0.333. The second-order valence-corrected chi connectivity index (χ2v) is 5.13. The van der Waals surface area contributed by atoms with Crippen molar-refractivity contribution in [3.63, 3.8) is 0 Å². The summed E-state index contributed by atoms with van der Waals surface area (Å²) in [5.41, 5.74) is 0.323. The molecule has 2 rings (SSSR count). The van der Waals surface area contributed by atoms with Gasteiger partial charge in [0, 0.05) is 17.2 Å². The van der Waals surface area contributed by atoms with Crippen LogP contribution in [0, 0.1) is 0 Å². The van der Waals surface area contributed by atoms with E-state index in [4.69, 9.17) is 0 Å². The predicted molar refractivity (Wildman–Crippen MR) is 75.2 cm³/mol. The number of piperazine rings is 1. The van der Waals surface area contributed by atoms with Crippen LogP contribution in [-0.2, 0) is 9.59 Å². The first-order valence-corrected chi connectivity index (χ1v) is 6.82. The van der Waals surface area contributed by atoms with Crippen molar-refractivity contribution in [2.75, 3.05) is 25.0 Å². The highest BCUT2D eigenvalue weighted by atomic mass is 79.9. The number of carbonyl (C=O) groups is 3. The lowest BCUT2D eigenvalue weighted by Crippen LogP contribution is -2.53. The second-order valence-electron chi connectivity index (χ2n) is 4.21. The number of hydrogen-bond acceptors (Lipinski definition) is 5. The Morgan fingerprint density at radius 1 is 1.45 bits per heavy atom. The molecule has 7 nitrogen and oxygen atoms in total. The number of aromatic nitrogens is 1. The maximum Gasteiger partial charge on any atom is 0.258 e. The van der Waals surface area contributed by atoms with Crippen LogP contribution in [0.4, 0.5) is 5.82 Å². The molecule has 1 aliphatic heterocycles. The predicted octanol–water partition coefficient (Wildman–Crippen LogP) is 0.374. The molecule has 106 valence electrons. The third-order valence-corrected chi connectivity index (χ3v) is 3.10. The zero-order valence-corrected chi connectivity index (χ0v) is 12.4. The van der Waals surface area contributed by atoms with Crippen LogP contribution >= 0.6 is 15.9 Å². The van der Waals surface area contributed by atoms with Crippen molar-refractivity contribution in [3.8, 4) is 0 Å². The number of hydrogen-bond donors (Lipinski definition) is 2. The summed E-state index contributed by atoms with van der Waals surface area (Å²) in [6.45, 7) is 2.22. The molecule has 0 aliphatic carbocycles. The summed E-state index contributed by atoms with van der Waals surface area (Å²) < 4.78 is 0.648. The van der Waals surface area contributed by atoms with Gasteiger partial charge in [0.1, 0.15) is 18.9 Å². The van der Waals surface area contributed by atoms with Crippen molar-refractivity contribution in [2.45, 2.75) is 6.92 Å². The van der Waals surface area contributed by atoms with Crippen LogP contribution in [0.15, 0.2) is 16.7 Å². The van der Waals surface area contributed by atoms with Gasteiger partial charge in [-0.1, -0.05) is 0 Å². The molecule has 1 aliphatic rings. The van der Waals surface area contributed by atoms with Crippen LogP contribution in [0.3, 0.4) is 0 Å². The van der Waals surface area contributed by atoms with Gasteiger partial charge in [0.2, 0.25) is 11.8 Å². The van der Waals surface area contributed by atoms with Gasteiger partial charge in [0.25, 0.3) is 5.91 Å². The number of imide groups is 1. The fourth-order valence-electron chi connectivity index (χ4n) is 1.86. The molecule has 3 amide bonds. The minimum Gasteiger partial charge on any atom is -0.370 e. The third kappa shape index (κ3) is 3.13. The summed E-state index contributed by atoms with van der Waals surface area (Å²) in [4.78, 5) is 40.4. The summed E-state index contributed by atoms with van der Waals surface area (Å²) >= 11 is 3.26. The molecule has 1 aromatic heterocycles. The lowest BCUT2D eigenvalue weighted by molar-refractivity contribution is -0.135. The highest BCUT2D eigenvalue weighted by molar-refractivity contribution is 9.10. The molecular weight excluding hydrogens is 328 g/mol. The van der Waals surface area contributed by atoms with Gasteiger partial charge in [0.15, 0.2) is 0 Å². The van der Waals surface area contributed by atoms with Gasteiger partial charge in [-0.2, -0.15) is 0 Å². The number of nitrogens with zero attached hydrogens (tertiary/aromatic N) is 2. The SMILES string of the molecule is CCNc1ncc(Br)cc1C(=O)N1CC(=O)NC(=O)C1. The number of amides is 3. The van der Waals surface area contributed by atoms with Crippen molar-refractivity contribution in [3.05, 3.63) is 22.3 Å². The van der Waals surface area contributed by atoms with Gasteiger partial charge in [-0.3, -0.25) is 19.7 Å². The van der Waals surface area contributed by atoms with E-state index < -0.39 is 17.7 Å². The maximum atomic E-state index is 12.4. The Balaban J connectivity index is 2.30. The Morgan fingerprint density at radius 3 is 2.70 bits per heavy atom. The smallest absolute Gasteiger partial charge is 0.258 e. The summed E-state index contributed by atoms with van der Waals surface area (Å²) in [6, 6.07) is 1.62. The minimum absolute atomic E-state index is 0.136. The zero-order chi connectivity index (χ0) is 14.7. The molecule has 20 heavy (non-hydrogen) atoms. The van der Waals surface area contributed by atoms with Gasteiger partial charge < -0.3 is 10.2 Å². The van der Waals surface area contributed by atoms with Crippen LogP contribution < -0.4 is 10.6 Å². The van der Waals surface area contributed by atoms with Gasteiger partial charge in [-0.25, -0.2) is 4.98 Å². The summed E-state index contributed by atoms with van der Waals surface area (Å²) in [5.74, 6) is -0.942. The normalized spacial score (nSPS) is 15.0. The van der Waals surface area contributed by atoms with E-state index in [1.165, 1.54) is 4.90 Å². The molecule has 0 spiro atoms. The Hall–Kier alpha value is -1.96. The molecule has 0 unspecified atom stereocenters. The van der Waals surface area contributed by atoms with Crippen molar-refractivity contribution < 1.29 is 14.4 Å². The number of rotatable bonds is 3. The average Bonchev–Trinajstić information content (AvgIpc) is 2.39. The van der Waals surface area contributed by atoms with E-state index in [0.29, 0.717) is 22.4 Å². The number of halogens is 1. The van der Waals surface area contributed by atoms with Crippen LogP contribution in [0.1, 0.15) is 17.3 Å². The number of carbonyl (C=O) groups excluding carboxylic acids is 3. The number of nitrogens with one attached hydrogen (secondary N) is 2. The van der Waals surface area contributed by atoms with Crippen molar-refractivity contribution >= 4 is 39.5 Å². The van der Waals surface area contributed by atoms with Crippen molar-refractivity contribution in [2.24, 2.45) is 0 Å². The molecule has 1 saturated heterocycles. The molecule has 0 atom stereocenters.